The van der Waals surface area contributed by atoms with Crippen molar-refractivity contribution >= 4 is 5.91 Å². The molecule has 0 bridgehead atoms. The van der Waals surface area contributed by atoms with Crippen molar-refractivity contribution in [3.63, 3.8) is 0 Å². The van der Waals surface area contributed by atoms with E-state index in [0.717, 1.165) is 32.7 Å². The van der Waals surface area contributed by atoms with Crippen LogP contribution < -0.4 is 11.1 Å². The van der Waals surface area contributed by atoms with Crippen molar-refractivity contribution in [3.05, 3.63) is 0 Å². The van der Waals surface area contributed by atoms with Gasteiger partial charge in [0.2, 0.25) is 5.91 Å². The maximum Gasteiger partial charge on any atom is 0.220 e. The monoisotopic (exact) mass is 299 g/mol. The maximum absolute atomic E-state index is 12.1. The van der Waals surface area contributed by atoms with Crippen molar-refractivity contribution < 1.29 is 9.53 Å². The molecule has 124 valence electrons. The van der Waals surface area contributed by atoms with Crippen LogP contribution in [0, 0.1) is 11.8 Å². The third-order valence-electron chi connectivity index (χ3n) is 4.20. The summed E-state index contributed by atoms with van der Waals surface area (Å²) in [6.45, 7) is 13.4. The van der Waals surface area contributed by atoms with Gasteiger partial charge >= 0.3 is 0 Å². The fourth-order valence-corrected chi connectivity index (χ4v) is 2.86. The number of ether oxygens (including phenoxy) is 1. The Balaban J connectivity index is 2.36. The zero-order chi connectivity index (χ0) is 15.9. The average Bonchev–Trinajstić information content (AvgIpc) is 2.45. The molecule has 1 amide bonds. The summed E-state index contributed by atoms with van der Waals surface area (Å²) in [5, 5.41) is 3.08. The highest BCUT2D eigenvalue weighted by Crippen LogP contribution is 2.16. The van der Waals surface area contributed by atoms with Gasteiger partial charge in [0.25, 0.3) is 0 Å². The number of nitrogens with two attached hydrogens (primary N) is 1. The van der Waals surface area contributed by atoms with E-state index in [0.29, 0.717) is 25.4 Å². The summed E-state index contributed by atoms with van der Waals surface area (Å²) in [5.41, 5.74) is 5.73. The van der Waals surface area contributed by atoms with Crippen molar-refractivity contribution in [2.45, 2.75) is 46.1 Å². The van der Waals surface area contributed by atoms with E-state index in [4.69, 9.17) is 10.5 Å². The first-order chi connectivity index (χ1) is 9.85. The van der Waals surface area contributed by atoms with E-state index < -0.39 is 0 Å². The second-order valence-electron chi connectivity index (χ2n) is 7.12. The number of carbonyl (C=O) groups is 1. The lowest BCUT2D eigenvalue weighted by atomic mass is 9.94. The van der Waals surface area contributed by atoms with E-state index in [1.54, 1.807) is 0 Å². The number of hydrogen-bond donors (Lipinski definition) is 2. The third-order valence-corrected chi connectivity index (χ3v) is 4.20. The van der Waals surface area contributed by atoms with Crippen molar-refractivity contribution in [1.82, 2.24) is 10.2 Å². The van der Waals surface area contributed by atoms with Crippen molar-refractivity contribution in [2.75, 3.05) is 39.4 Å². The van der Waals surface area contributed by atoms with E-state index in [2.05, 4.69) is 37.9 Å². The summed E-state index contributed by atoms with van der Waals surface area (Å²) in [5.74, 6) is 0.986. The molecule has 1 aliphatic rings. The molecule has 1 fully saturated rings. The first-order valence-corrected chi connectivity index (χ1v) is 8.14. The standard InChI is InChI=1S/C16H33N3O2/c1-13(2)9-14(11-17)10-15(20)18-12-16(3,4)19-5-7-21-8-6-19/h13-14H,5-12,17H2,1-4H3,(H,18,20). The van der Waals surface area contributed by atoms with E-state index in [9.17, 15) is 4.79 Å². The van der Waals surface area contributed by atoms with Crippen LogP contribution in [-0.2, 0) is 9.53 Å². The van der Waals surface area contributed by atoms with Gasteiger partial charge < -0.3 is 15.8 Å². The Morgan fingerprint density at radius 1 is 1.33 bits per heavy atom. The van der Waals surface area contributed by atoms with Crippen LogP contribution in [0.25, 0.3) is 0 Å². The van der Waals surface area contributed by atoms with E-state index in [1.165, 1.54) is 0 Å². The normalized spacial score (nSPS) is 18.8. The summed E-state index contributed by atoms with van der Waals surface area (Å²) in [6, 6.07) is 0. The topological polar surface area (TPSA) is 67.6 Å². The fourth-order valence-electron chi connectivity index (χ4n) is 2.86. The minimum absolute atomic E-state index is 0.0320. The van der Waals surface area contributed by atoms with Crippen LogP contribution in [0.5, 0.6) is 0 Å². The molecule has 0 aromatic heterocycles. The number of amides is 1. The molecule has 0 radical (unpaired) electrons. The first-order valence-electron chi connectivity index (χ1n) is 8.14. The molecule has 0 saturated carbocycles. The third kappa shape index (κ3) is 6.76. The van der Waals surface area contributed by atoms with Crippen LogP contribution in [0.2, 0.25) is 0 Å². The Morgan fingerprint density at radius 2 is 1.95 bits per heavy atom. The summed E-state index contributed by atoms with van der Waals surface area (Å²) in [6.07, 6.45) is 1.55. The van der Waals surface area contributed by atoms with Gasteiger partial charge in [-0.15, -0.1) is 0 Å². The number of rotatable bonds is 8. The molecule has 1 unspecified atom stereocenters. The number of nitrogens with zero attached hydrogens (tertiary/aromatic N) is 1. The number of morpholine rings is 1. The Labute approximate surface area is 129 Å². The molecule has 5 nitrogen and oxygen atoms in total. The SMILES string of the molecule is CC(C)CC(CN)CC(=O)NCC(C)(C)N1CCOCC1. The van der Waals surface area contributed by atoms with Gasteiger partial charge in [-0.2, -0.15) is 0 Å². The van der Waals surface area contributed by atoms with Gasteiger partial charge in [-0.05, 0) is 38.6 Å². The Kier molecular flexibility index (Phi) is 7.63. The van der Waals surface area contributed by atoms with Gasteiger partial charge in [0, 0.05) is 31.6 Å². The Morgan fingerprint density at radius 3 is 2.48 bits per heavy atom. The van der Waals surface area contributed by atoms with Gasteiger partial charge in [0.1, 0.15) is 0 Å². The van der Waals surface area contributed by atoms with Gasteiger partial charge in [0.05, 0.1) is 13.2 Å². The molecule has 1 saturated heterocycles. The largest absolute Gasteiger partial charge is 0.379 e. The van der Waals surface area contributed by atoms with Crippen LogP contribution in [-0.4, -0.2) is 55.7 Å². The molecule has 1 heterocycles. The summed E-state index contributed by atoms with van der Waals surface area (Å²) < 4.78 is 5.38. The second kappa shape index (κ2) is 8.71. The molecule has 1 rings (SSSR count). The van der Waals surface area contributed by atoms with Crippen LogP contribution >= 0.6 is 0 Å². The second-order valence-corrected chi connectivity index (χ2v) is 7.12. The maximum atomic E-state index is 12.1. The highest BCUT2D eigenvalue weighted by Gasteiger charge is 2.28. The van der Waals surface area contributed by atoms with Crippen molar-refractivity contribution in [3.8, 4) is 0 Å². The highest BCUT2D eigenvalue weighted by molar-refractivity contribution is 5.76. The van der Waals surface area contributed by atoms with Gasteiger partial charge in [-0.3, -0.25) is 9.69 Å². The van der Waals surface area contributed by atoms with Gasteiger partial charge in [-0.25, -0.2) is 0 Å². The van der Waals surface area contributed by atoms with Crippen molar-refractivity contribution in [1.29, 1.82) is 0 Å². The molecule has 5 heteroatoms. The van der Waals surface area contributed by atoms with Crippen LogP contribution in [0.3, 0.4) is 0 Å². The molecule has 0 spiro atoms. The van der Waals surface area contributed by atoms with Crippen LogP contribution in [0.4, 0.5) is 0 Å². The average molecular weight is 299 g/mol. The van der Waals surface area contributed by atoms with E-state index >= 15 is 0 Å². The lowest BCUT2D eigenvalue weighted by molar-refractivity contribution is -0.122. The van der Waals surface area contributed by atoms with Crippen LogP contribution in [0.15, 0.2) is 0 Å². The molecule has 1 atom stereocenters. The predicted molar refractivity (Wildman–Crippen MR) is 86.1 cm³/mol. The quantitative estimate of drug-likeness (QED) is 0.707. The molecule has 0 aromatic rings. The van der Waals surface area contributed by atoms with Crippen molar-refractivity contribution in [2.24, 2.45) is 17.6 Å². The van der Waals surface area contributed by atoms with E-state index in [1.807, 2.05) is 0 Å². The molecule has 21 heavy (non-hydrogen) atoms. The number of carbonyl (C=O) groups excluding carboxylic acids is 1. The minimum atomic E-state index is -0.0320. The molecule has 0 aromatic carbocycles. The smallest absolute Gasteiger partial charge is 0.220 e. The fraction of sp³-hybridized carbons (Fsp3) is 0.938. The molecular formula is C16H33N3O2. The highest BCUT2D eigenvalue weighted by atomic mass is 16.5. The zero-order valence-corrected chi connectivity index (χ0v) is 14.2. The number of nitrogens with one attached hydrogen (secondary N) is 1. The number of hydrogen-bond acceptors (Lipinski definition) is 4. The first kappa shape index (κ1) is 18.4. The van der Waals surface area contributed by atoms with Gasteiger partial charge in [0.15, 0.2) is 0 Å². The van der Waals surface area contributed by atoms with Gasteiger partial charge in [-0.1, -0.05) is 13.8 Å². The van der Waals surface area contributed by atoms with E-state index in [-0.39, 0.29) is 17.4 Å². The molecular weight excluding hydrogens is 266 g/mol. The molecule has 1 aliphatic heterocycles. The predicted octanol–water partition coefficient (Wildman–Crippen LogP) is 1.22. The Bertz CT molecular complexity index is 313. The molecule has 3 N–H and O–H groups in total. The summed E-state index contributed by atoms with van der Waals surface area (Å²) in [4.78, 5) is 14.5. The zero-order valence-electron chi connectivity index (χ0n) is 14.2. The lowest BCUT2D eigenvalue weighted by Crippen LogP contribution is -2.55. The van der Waals surface area contributed by atoms with Crippen LogP contribution in [0.1, 0.15) is 40.5 Å². The lowest BCUT2D eigenvalue weighted by Gasteiger charge is -2.40. The summed E-state index contributed by atoms with van der Waals surface area (Å²) in [7, 11) is 0. The summed E-state index contributed by atoms with van der Waals surface area (Å²) >= 11 is 0. The molecule has 0 aliphatic carbocycles. The Hall–Kier alpha value is -0.650. The minimum Gasteiger partial charge on any atom is -0.379 e.